The summed E-state index contributed by atoms with van der Waals surface area (Å²) in [6.07, 6.45) is 0. The van der Waals surface area contributed by atoms with Gasteiger partial charge >= 0.3 is 11.9 Å². The highest BCUT2D eigenvalue weighted by Crippen LogP contribution is 2.25. The van der Waals surface area contributed by atoms with E-state index >= 15 is 0 Å². The van der Waals surface area contributed by atoms with Crippen LogP contribution in [0.4, 0.5) is 0 Å². The molecule has 0 fully saturated rings. The monoisotopic (exact) mass is 238 g/mol. The van der Waals surface area contributed by atoms with E-state index in [1.165, 1.54) is 25.1 Å². The topological polar surface area (TPSA) is 89.9 Å². The van der Waals surface area contributed by atoms with Crippen LogP contribution in [0.3, 0.4) is 0 Å². The highest BCUT2D eigenvalue weighted by Gasteiger charge is 2.21. The van der Waals surface area contributed by atoms with Gasteiger partial charge in [0.15, 0.2) is 11.5 Å². The van der Waals surface area contributed by atoms with Crippen LogP contribution in [0.2, 0.25) is 0 Å². The second-order valence-electron chi connectivity index (χ2n) is 3.21. The van der Waals surface area contributed by atoms with Crippen molar-refractivity contribution < 1.29 is 29.3 Å². The Balaban J connectivity index is 3.38. The Morgan fingerprint density at radius 3 is 2.18 bits per heavy atom. The quantitative estimate of drug-likeness (QED) is 0.282. The van der Waals surface area contributed by atoms with Gasteiger partial charge in [0, 0.05) is 6.92 Å². The molecule has 0 spiro atoms. The fraction of sp³-hybridized carbons (Fsp3) is 0.182. The molecule has 17 heavy (non-hydrogen) atoms. The average Bonchev–Trinajstić information content (AvgIpc) is 2.27. The molecule has 0 aliphatic carbocycles. The van der Waals surface area contributed by atoms with Gasteiger partial charge in [-0.05, 0) is 19.1 Å². The van der Waals surface area contributed by atoms with Gasteiger partial charge in [0.2, 0.25) is 0 Å². The first kappa shape index (κ1) is 12.9. The summed E-state index contributed by atoms with van der Waals surface area (Å²) in [6.45, 7) is 2.39. The number of hydrogen-bond donors (Lipinski definition) is 1. The van der Waals surface area contributed by atoms with Crippen LogP contribution in [-0.2, 0) is 9.68 Å². The molecule has 0 radical (unpaired) electrons. The molecule has 1 N–H and O–H groups in total. The van der Waals surface area contributed by atoms with Crippen LogP contribution in [0.5, 0.6) is 5.75 Å². The van der Waals surface area contributed by atoms with Gasteiger partial charge in [-0.25, -0.2) is 4.79 Å². The minimum absolute atomic E-state index is 0.0584. The Morgan fingerprint density at radius 1 is 1.12 bits per heavy atom. The Labute approximate surface area is 96.7 Å². The summed E-state index contributed by atoms with van der Waals surface area (Å²) in [4.78, 5) is 37.0. The van der Waals surface area contributed by atoms with Crippen molar-refractivity contribution in [2.75, 3.05) is 0 Å². The number of esters is 1. The van der Waals surface area contributed by atoms with E-state index in [1.54, 1.807) is 0 Å². The van der Waals surface area contributed by atoms with Crippen molar-refractivity contribution >= 4 is 17.7 Å². The maximum atomic E-state index is 11.3. The average molecular weight is 238 g/mol. The lowest BCUT2D eigenvalue weighted by Gasteiger charge is -2.09. The molecule has 0 amide bonds. The van der Waals surface area contributed by atoms with Gasteiger partial charge in [0.05, 0.1) is 5.56 Å². The molecule has 0 bridgehead atoms. The third-order valence-electron chi connectivity index (χ3n) is 1.94. The Hall–Kier alpha value is -2.21. The number of benzene rings is 1. The number of carbonyl (C=O) groups excluding carboxylic acids is 3. The minimum atomic E-state index is -1.11. The first-order chi connectivity index (χ1) is 7.97. The van der Waals surface area contributed by atoms with Crippen molar-refractivity contribution in [2.24, 2.45) is 0 Å². The Bertz CT molecular complexity index is 477. The van der Waals surface area contributed by atoms with Gasteiger partial charge in [-0.3, -0.25) is 14.5 Å². The second kappa shape index (κ2) is 5.22. The third kappa shape index (κ3) is 2.88. The summed E-state index contributed by atoms with van der Waals surface area (Å²) in [6, 6.07) is 4.08. The molecule has 0 saturated carbocycles. The highest BCUT2D eigenvalue weighted by molar-refractivity contribution is 6.03. The predicted molar refractivity (Wildman–Crippen MR) is 55.8 cm³/mol. The Kier molecular flexibility index (Phi) is 3.95. The lowest BCUT2D eigenvalue weighted by Crippen LogP contribution is -2.12. The number of rotatable bonds is 3. The maximum absolute atomic E-state index is 11.3. The van der Waals surface area contributed by atoms with Gasteiger partial charge < -0.3 is 4.74 Å². The lowest BCUT2D eigenvalue weighted by molar-refractivity contribution is -0.183. The van der Waals surface area contributed by atoms with E-state index in [9.17, 15) is 14.4 Å². The maximum Gasteiger partial charge on any atom is 0.376 e. The molecule has 0 aromatic heterocycles. The van der Waals surface area contributed by atoms with Crippen molar-refractivity contribution in [3.8, 4) is 5.75 Å². The number of ether oxygens (including phenoxy) is 1. The molecule has 1 rings (SSSR count). The van der Waals surface area contributed by atoms with E-state index < -0.39 is 11.9 Å². The van der Waals surface area contributed by atoms with Crippen LogP contribution in [0.1, 0.15) is 34.6 Å². The van der Waals surface area contributed by atoms with E-state index in [0.29, 0.717) is 0 Å². The van der Waals surface area contributed by atoms with Crippen LogP contribution in [0.25, 0.3) is 0 Å². The molecular weight excluding hydrogens is 228 g/mol. The molecule has 1 aromatic rings. The molecule has 0 saturated heterocycles. The number of Topliss-reactive ketones (excluding diaryl/α,β-unsaturated/α-hetero) is 1. The molecule has 0 atom stereocenters. The smallest absolute Gasteiger partial charge is 0.376 e. The molecule has 6 nitrogen and oxygen atoms in total. The van der Waals surface area contributed by atoms with Crippen LogP contribution >= 0.6 is 0 Å². The van der Waals surface area contributed by atoms with Crippen LogP contribution < -0.4 is 4.74 Å². The molecule has 90 valence electrons. The molecule has 0 aliphatic rings. The number of carbonyl (C=O) groups is 3. The van der Waals surface area contributed by atoms with Gasteiger partial charge in [0.25, 0.3) is 0 Å². The Morgan fingerprint density at radius 2 is 1.71 bits per heavy atom. The fourth-order valence-corrected chi connectivity index (χ4v) is 1.28. The zero-order valence-corrected chi connectivity index (χ0v) is 9.22. The highest BCUT2D eigenvalue weighted by atomic mass is 17.1. The van der Waals surface area contributed by atoms with Crippen molar-refractivity contribution in [3.63, 3.8) is 0 Å². The summed E-state index contributed by atoms with van der Waals surface area (Å²) in [5, 5.41) is 8.30. The van der Waals surface area contributed by atoms with Crippen molar-refractivity contribution in [1.82, 2.24) is 0 Å². The number of para-hydroxylation sites is 1. The van der Waals surface area contributed by atoms with Gasteiger partial charge in [0.1, 0.15) is 5.56 Å². The van der Waals surface area contributed by atoms with Crippen LogP contribution in [0.15, 0.2) is 18.2 Å². The van der Waals surface area contributed by atoms with Gasteiger partial charge in [-0.2, -0.15) is 5.26 Å². The normalized spacial score (nSPS) is 9.59. The summed E-state index contributed by atoms with van der Waals surface area (Å²) in [5.74, 6) is -2.39. The van der Waals surface area contributed by atoms with Crippen molar-refractivity contribution in [1.29, 1.82) is 0 Å². The first-order valence-electron chi connectivity index (χ1n) is 4.65. The molecular formula is C11H10O6. The first-order valence-corrected chi connectivity index (χ1v) is 4.65. The van der Waals surface area contributed by atoms with E-state index in [4.69, 9.17) is 9.99 Å². The van der Waals surface area contributed by atoms with E-state index in [0.717, 1.165) is 6.92 Å². The van der Waals surface area contributed by atoms with Crippen LogP contribution in [-0.4, -0.2) is 23.0 Å². The van der Waals surface area contributed by atoms with Crippen molar-refractivity contribution in [3.05, 3.63) is 29.3 Å². The molecule has 0 aliphatic heterocycles. The standard InChI is InChI=1S/C11H10O6/c1-6(12)8-4-3-5-9(11(14)17-15)10(8)16-7(2)13/h3-5,15H,1-2H3. The molecule has 0 heterocycles. The predicted octanol–water partition coefficient (Wildman–Crippen LogP) is 1.44. The minimum Gasteiger partial charge on any atom is -0.425 e. The third-order valence-corrected chi connectivity index (χ3v) is 1.94. The molecule has 1 aromatic carbocycles. The largest absolute Gasteiger partial charge is 0.425 e. The van der Waals surface area contributed by atoms with E-state index in [1.807, 2.05) is 0 Å². The van der Waals surface area contributed by atoms with Gasteiger partial charge in [-0.15, -0.1) is 0 Å². The fourth-order valence-electron chi connectivity index (χ4n) is 1.28. The molecule has 6 heteroatoms. The zero-order chi connectivity index (χ0) is 13.0. The lowest BCUT2D eigenvalue weighted by atomic mass is 10.1. The van der Waals surface area contributed by atoms with E-state index in [-0.39, 0.29) is 22.7 Å². The summed E-state index contributed by atoms with van der Waals surface area (Å²) < 4.78 is 4.79. The number of hydrogen-bond acceptors (Lipinski definition) is 6. The van der Waals surface area contributed by atoms with Crippen LogP contribution in [0, 0.1) is 0 Å². The zero-order valence-electron chi connectivity index (χ0n) is 9.22. The summed E-state index contributed by atoms with van der Waals surface area (Å²) >= 11 is 0. The second-order valence-corrected chi connectivity index (χ2v) is 3.21. The number of ketones is 1. The SMILES string of the molecule is CC(=O)Oc1c(C(C)=O)cccc1C(=O)OO. The van der Waals surface area contributed by atoms with E-state index in [2.05, 4.69) is 4.89 Å². The van der Waals surface area contributed by atoms with Crippen molar-refractivity contribution in [2.45, 2.75) is 13.8 Å². The molecule has 0 unspecified atom stereocenters. The van der Waals surface area contributed by atoms with Gasteiger partial charge in [-0.1, -0.05) is 6.07 Å². The summed E-state index contributed by atoms with van der Waals surface area (Å²) in [5.41, 5.74) is -0.140. The summed E-state index contributed by atoms with van der Waals surface area (Å²) in [7, 11) is 0.